The van der Waals surface area contributed by atoms with Crippen LogP contribution in [0.4, 0.5) is 5.69 Å². The number of nitrogens with zero attached hydrogens (tertiary/aromatic N) is 1. The largest absolute Gasteiger partial charge is 0.497 e. The molecule has 1 aromatic carbocycles. The summed E-state index contributed by atoms with van der Waals surface area (Å²) in [6, 6.07) is 7.98. The van der Waals surface area contributed by atoms with Crippen molar-refractivity contribution >= 4 is 36.4 Å². The van der Waals surface area contributed by atoms with Crippen LogP contribution in [-0.4, -0.2) is 57.4 Å². The quantitative estimate of drug-likeness (QED) is 0.801. The summed E-state index contributed by atoms with van der Waals surface area (Å²) >= 11 is 0. The van der Waals surface area contributed by atoms with Crippen molar-refractivity contribution in [1.82, 2.24) is 10.6 Å². The number of piperidine rings is 1. The molecule has 26 heavy (non-hydrogen) atoms. The zero-order chi connectivity index (χ0) is 16.9. The SMILES string of the molecule is COc1cccc(N2CCCC(NC(=O)[C@H]3NCCO[C@@H]3C)C2)c1.Cl.Cl. The van der Waals surface area contributed by atoms with Crippen molar-refractivity contribution in [3.05, 3.63) is 24.3 Å². The van der Waals surface area contributed by atoms with E-state index in [1.165, 1.54) is 0 Å². The van der Waals surface area contributed by atoms with E-state index in [9.17, 15) is 4.79 Å². The van der Waals surface area contributed by atoms with Gasteiger partial charge in [0.15, 0.2) is 0 Å². The Hall–Kier alpha value is -1.21. The maximum absolute atomic E-state index is 12.5. The Labute approximate surface area is 167 Å². The molecule has 0 saturated carbocycles. The van der Waals surface area contributed by atoms with Crippen molar-refractivity contribution < 1.29 is 14.3 Å². The zero-order valence-electron chi connectivity index (χ0n) is 15.3. The zero-order valence-corrected chi connectivity index (χ0v) is 16.9. The normalized spacial score (nSPS) is 25.5. The van der Waals surface area contributed by atoms with Gasteiger partial charge in [0, 0.05) is 37.4 Å². The van der Waals surface area contributed by atoms with Gasteiger partial charge in [-0.15, -0.1) is 24.8 Å². The molecule has 0 bridgehead atoms. The molecule has 2 heterocycles. The van der Waals surface area contributed by atoms with Gasteiger partial charge in [-0.1, -0.05) is 6.07 Å². The van der Waals surface area contributed by atoms with Crippen LogP contribution in [0.1, 0.15) is 19.8 Å². The molecule has 2 N–H and O–H groups in total. The van der Waals surface area contributed by atoms with E-state index in [1.54, 1.807) is 7.11 Å². The first-order valence-corrected chi connectivity index (χ1v) is 8.72. The molecule has 2 aliphatic heterocycles. The summed E-state index contributed by atoms with van der Waals surface area (Å²) in [6.07, 6.45) is 1.98. The van der Waals surface area contributed by atoms with E-state index in [4.69, 9.17) is 9.47 Å². The third-order valence-electron chi connectivity index (χ3n) is 4.79. The van der Waals surface area contributed by atoms with E-state index in [1.807, 2.05) is 25.1 Å². The molecule has 8 heteroatoms. The molecule has 3 rings (SSSR count). The molecule has 0 radical (unpaired) electrons. The standard InChI is InChI=1S/C18H27N3O3.2ClH/c1-13-17(19-8-10-24-13)18(22)20-14-5-4-9-21(12-14)15-6-3-7-16(11-15)23-2;;/h3,6-7,11,13-14,17,19H,4-5,8-10,12H2,1-2H3,(H,20,22);2*1H/t13-,14?,17+;;/m1../s1. The molecule has 2 aliphatic rings. The summed E-state index contributed by atoms with van der Waals surface area (Å²) in [5.41, 5.74) is 1.14. The van der Waals surface area contributed by atoms with E-state index in [-0.39, 0.29) is 48.9 Å². The fourth-order valence-electron chi connectivity index (χ4n) is 3.45. The molecule has 1 amide bonds. The van der Waals surface area contributed by atoms with Gasteiger partial charge in [0.1, 0.15) is 11.8 Å². The first-order valence-electron chi connectivity index (χ1n) is 8.72. The first kappa shape index (κ1) is 22.8. The summed E-state index contributed by atoms with van der Waals surface area (Å²) in [7, 11) is 1.68. The Balaban J connectivity index is 0.00000169. The number of morpholine rings is 1. The molecule has 1 unspecified atom stereocenters. The van der Waals surface area contributed by atoms with Gasteiger partial charge < -0.3 is 25.0 Å². The second-order valence-corrected chi connectivity index (χ2v) is 6.50. The van der Waals surface area contributed by atoms with Gasteiger partial charge in [-0.05, 0) is 31.9 Å². The first-order chi connectivity index (χ1) is 11.7. The fourth-order valence-corrected chi connectivity index (χ4v) is 3.45. The highest BCUT2D eigenvalue weighted by Crippen LogP contribution is 2.24. The Bertz CT molecular complexity index is 576. The van der Waals surface area contributed by atoms with E-state index >= 15 is 0 Å². The van der Waals surface area contributed by atoms with Crippen LogP contribution in [-0.2, 0) is 9.53 Å². The number of hydrogen-bond acceptors (Lipinski definition) is 5. The maximum Gasteiger partial charge on any atom is 0.240 e. The topological polar surface area (TPSA) is 62.8 Å². The van der Waals surface area contributed by atoms with Gasteiger partial charge in [0.05, 0.1) is 19.8 Å². The molecule has 0 aliphatic carbocycles. The van der Waals surface area contributed by atoms with Crippen molar-refractivity contribution in [2.45, 2.75) is 38.0 Å². The lowest BCUT2D eigenvalue weighted by Crippen LogP contribution is -2.58. The molecule has 2 saturated heterocycles. The number of methoxy groups -OCH3 is 1. The number of hydrogen-bond donors (Lipinski definition) is 2. The van der Waals surface area contributed by atoms with Gasteiger partial charge in [-0.3, -0.25) is 4.79 Å². The molecular weight excluding hydrogens is 377 g/mol. The average Bonchev–Trinajstić information content (AvgIpc) is 2.62. The highest BCUT2D eigenvalue weighted by atomic mass is 35.5. The third kappa shape index (κ3) is 5.64. The predicted molar refractivity (Wildman–Crippen MR) is 108 cm³/mol. The number of carbonyl (C=O) groups excluding carboxylic acids is 1. The van der Waals surface area contributed by atoms with Gasteiger partial charge in [0.25, 0.3) is 0 Å². The van der Waals surface area contributed by atoms with Crippen LogP contribution in [0.15, 0.2) is 24.3 Å². The van der Waals surface area contributed by atoms with Crippen LogP contribution >= 0.6 is 24.8 Å². The predicted octanol–water partition coefficient (Wildman–Crippen LogP) is 2.00. The number of rotatable bonds is 4. The Kier molecular flexibility index (Phi) is 9.50. The van der Waals surface area contributed by atoms with Gasteiger partial charge in [0.2, 0.25) is 5.91 Å². The van der Waals surface area contributed by atoms with Crippen molar-refractivity contribution in [3.63, 3.8) is 0 Å². The molecule has 2 fully saturated rings. The molecule has 3 atom stereocenters. The van der Waals surface area contributed by atoms with Gasteiger partial charge >= 0.3 is 0 Å². The minimum absolute atomic E-state index is 0. The molecule has 0 aromatic heterocycles. The lowest BCUT2D eigenvalue weighted by Gasteiger charge is -2.36. The minimum atomic E-state index is -0.258. The Morgan fingerprint density at radius 1 is 1.38 bits per heavy atom. The number of carbonyl (C=O) groups is 1. The van der Waals surface area contributed by atoms with Crippen LogP contribution in [0.25, 0.3) is 0 Å². The molecule has 0 spiro atoms. The minimum Gasteiger partial charge on any atom is -0.497 e. The summed E-state index contributed by atoms with van der Waals surface area (Å²) in [5, 5.41) is 6.44. The Morgan fingerprint density at radius 3 is 2.92 bits per heavy atom. The Morgan fingerprint density at radius 2 is 2.19 bits per heavy atom. The lowest BCUT2D eigenvalue weighted by atomic mass is 10.0. The van der Waals surface area contributed by atoms with E-state index in [0.29, 0.717) is 6.61 Å². The number of ether oxygens (including phenoxy) is 2. The van der Waals surface area contributed by atoms with Crippen molar-refractivity contribution in [2.75, 3.05) is 38.3 Å². The van der Waals surface area contributed by atoms with E-state index in [0.717, 1.165) is 43.9 Å². The smallest absolute Gasteiger partial charge is 0.240 e. The number of amides is 1. The molecular formula is C18H29Cl2N3O3. The second kappa shape index (κ2) is 10.8. The third-order valence-corrected chi connectivity index (χ3v) is 4.79. The summed E-state index contributed by atoms with van der Waals surface area (Å²) in [4.78, 5) is 14.8. The molecule has 6 nitrogen and oxygen atoms in total. The van der Waals surface area contributed by atoms with Gasteiger partial charge in [-0.25, -0.2) is 0 Å². The maximum atomic E-state index is 12.5. The summed E-state index contributed by atoms with van der Waals surface area (Å²) in [5.74, 6) is 0.899. The average molecular weight is 406 g/mol. The number of halogens is 2. The highest BCUT2D eigenvalue weighted by Gasteiger charge is 2.30. The highest BCUT2D eigenvalue weighted by molar-refractivity contribution is 5.85. The second-order valence-electron chi connectivity index (χ2n) is 6.50. The van der Waals surface area contributed by atoms with Gasteiger partial charge in [-0.2, -0.15) is 0 Å². The summed E-state index contributed by atoms with van der Waals surface area (Å²) in [6.45, 7) is 5.16. The van der Waals surface area contributed by atoms with E-state index < -0.39 is 0 Å². The monoisotopic (exact) mass is 405 g/mol. The van der Waals surface area contributed by atoms with Crippen molar-refractivity contribution in [3.8, 4) is 5.75 Å². The number of anilines is 1. The molecule has 148 valence electrons. The molecule has 1 aromatic rings. The van der Waals surface area contributed by atoms with Crippen LogP contribution in [0.3, 0.4) is 0 Å². The lowest BCUT2D eigenvalue weighted by molar-refractivity contribution is -0.129. The van der Waals surface area contributed by atoms with Crippen molar-refractivity contribution in [2.24, 2.45) is 0 Å². The van der Waals surface area contributed by atoms with E-state index in [2.05, 4.69) is 21.6 Å². The van der Waals surface area contributed by atoms with Crippen molar-refractivity contribution in [1.29, 1.82) is 0 Å². The van der Waals surface area contributed by atoms with Crippen LogP contribution in [0.2, 0.25) is 0 Å². The van der Waals surface area contributed by atoms with Crippen LogP contribution in [0.5, 0.6) is 5.75 Å². The number of benzene rings is 1. The van der Waals surface area contributed by atoms with Crippen LogP contribution in [0, 0.1) is 0 Å². The fraction of sp³-hybridized carbons (Fsp3) is 0.611. The number of nitrogens with one attached hydrogen (secondary N) is 2. The van der Waals surface area contributed by atoms with Crippen LogP contribution < -0.4 is 20.3 Å². The summed E-state index contributed by atoms with van der Waals surface area (Å²) < 4.78 is 10.9.